The topological polar surface area (TPSA) is 77.8 Å². The van der Waals surface area contributed by atoms with E-state index in [1.54, 1.807) is 60.7 Å². The van der Waals surface area contributed by atoms with Gasteiger partial charge in [0.05, 0.1) is 11.2 Å². The summed E-state index contributed by atoms with van der Waals surface area (Å²) in [4.78, 5) is 27.5. The Hall–Kier alpha value is -5.62. The van der Waals surface area contributed by atoms with Gasteiger partial charge in [-0.25, -0.2) is 0 Å². The molecular weight excluding hydrogens is 502 g/mol. The SMILES string of the molecule is O=C(c1ccc(Oc2ccccc2)cc1)c1cc2ccc(O)cc2n1C(=O)c1ccc(Oc2ccccc2)cc1. The van der Waals surface area contributed by atoms with Crippen molar-refractivity contribution in [1.29, 1.82) is 0 Å². The molecule has 1 N–H and O–H groups in total. The maximum atomic E-state index is 13.8. The van der Waals surface area contributed by atoms with E-state index in [9.17, 15) is 14.7 Å². The number of hydrogen-bond donors (Lipinski definition) is 1. The number of hydrogen-bond acceptors (Lipinski definition) is 5. The maximum absolute atomic E-state index is 13.8. The number of fused-ring (bicyclic) bond motifs is 1. The van der Waals surface area contributed by atoms with Crippen molar-refractivity contribution < 1.29 is 24.2 Å². The summed E-state index contributed by atoms with van der Waals surface area (Å²) in [6.07, 6.45) is 0. The third-order valence-corrected chi connectivity index (χ3v) is 6.40. The first-order valence-corrected chi connectivity index (χ1v) is 12.6. The van der Waals surface area contributed by atoms with E-state index in [0.717, 1.165) is 0 Å². The highest BCUT2D eigenvalue weighted by Crippen LogP contribution is 2.29. The van der Waals surface area contributed by atoms with Crippen LogP contribution in [-0.4, -0.2) is 21.4 Å². The van der Waals surface area contributed by atoms with Crippen LogP contribution in [0.4, 0.5) is 0 Å². The molecular formula is C34H23NO5. The molecule has 0 saturated carbocycles. The van der Waals surface area contributed by atoms with Crippen LogP contribution in [0.1, 0.15) is 26.4 Å². The number of rotatable bonds is 7. The molecule has 0 radical (unpaired) electrons. The van der Waals surface area contributed by atoms with E-state index < -0.39 is 5.91 Å². The van der Waals surface area contributed by atoms with Gasteiger partial charge < -0.3 is 14.6 Å². The minimum atomic E-state index is -0.403. The van der Waals surface area contributed by atoms with Crippen molar-refractivity contribution >= 4 is 22.6 Å². The molecule has 1 aromatic heterocycles. The molecule has 6 heteroatoms. The lowest BCUT2D eigenvalue weighted by Gasteiger charge is -2.11. The Kier molecular flexibility index (Phi) is 6.56. The van der Waals surface area contributed by atoms with Crippen LogP contribution in [0.3, 0.4) is 0 Å². The number of carbonyl (C=O) groups is 2. The summed E-state index contributed by atoms with van der Waals surface area (Å²) in [5, 5.41) is 10.8. The first-order valence-electron chi connectivity index (χ1n) is 12.6. The van der Waals surface area contributed by atoms with Gasteiger partial charge in [0, 0.05) is 22.6 Å². The van der Waals surface area contributed by atoms with E-state index in [2.05, 4.69) is 0 Å². The van der Waals surface area contributed by atoms with Crippen LogP contribution < -0.4 is 9.47 Å². The monoisotopic (exact) mass is 525 g/mol. The molecule has 0 aliphatic heterocycles. The Bertz CT molecular complexity index is 1810. The van der Waals surface area contributed by atoms with Crippen molar-refractivity contribution in [3.8, 4) is 28.7 Å². The number of ketones is 1. The van der Waals surface area contributed by atoms with E-state index in [4.69, 9.17) is 9.47 Å². The summed E-state index contributed by atoms with van der Waals surface area (Å²) in [5.74, 6) is 1.79. The molecule has 0 spiro atoms. The van der Waals surface area contributed by atoms with Gasteiger partial charge in [-0.3, -0.25) is 14.2 Å². The van der Waals surface area contributed by atoms with E-state index in [-0.39, 0.29) is 17.2 Å². The minimum Gasteiger partial charge on any atom is -0.508 e. The molecule has 0 atom stereocenters. The summed E-state index contributed by atoms with van der Waals surface area (Å²) in [7, 11) is 0. The second kappa shape index (κ2) is 10.6. The minimum absolute atomic E-state index is 0.00679. The number of ether oxygens (including phenoxy) is 2. The third kappa shape index (κ3) is 5.06. The highest BCUT2D eigenvalue weighted by molar-refractivity contribution is 6.15. The lowest BCUT2D eigenvalue weighted by molar-refractivity contribution is 0.0938. The zero-order valence-corrected chi connectivity index (χ0v) is 21.2. The Morgan fingerprint density at radius 1 is 0.550 bits per heavy atom. The molecule has 0 bridgehead atoms. The Balaban J connectivity index is 1.32. The molecule has 0 fully saturated rings. The van der Waals surface area contributed by atoms with E-state index in [0.29, 0.717) is 45.0 Å². The van der Waals surface area contributed by atoms with Gasteiger partial charge in [0.15, 0.2) is 0 Å². The quantitative estimate of drug-likeness (QED) is 0.215. The van der Waals surface area contributed by atoms with Gasteiger partial charge >= 0.3 is 0 Å². The lowest BCUT2D eigenvalue weighted by Crippen LogP contribution is -2.18. The van der Waals surface area contributed by atoms with Crippen molar-refractivity contribution in [3.05, 3.63) is 150 Å². The zero-order valence-electron chi connectivity index (χ0n) is 21.2. The number of phenolic OH excluding ortho intramolecular Hbond substituents is 1. The van der Waals surface area contributed by atoms with Gasteiger partial charge in [0.25, 0.3) is 5.91 Å². The number of carbonyl (C=O) groups excluding carboxylic acids is 2. The number of nitrogens with zero attached hydrogens (tertiary/aromatic N) is 1. The average molecular weight is 526 g/mol. The van der Waals surface area contributed by atoms with Gasteiger partial charge in [0.2, 0.25) is 5.78 Å². The molecule has 0 aliphatic rings. The van der Waals surface area contributed by atoms with Crippen molar-refractivity contribution in [3.63, 3.8) is 0 Å². The van der Waals surface area contributed by atoms with Crippen molar-refractivity contribution in [1.82, 2.24) is 4.57 Å². The number of aromatic hydroxyl groups is 1. The Morgan fingerprint density at radius 2 is 1.05 bits per heavy atom. The largest absolute Gasteiger partial charge is 0.508 e. The van der Waals surface area contributed by atoms with Crippen LogP contribution in [-0.2, 0) is 0 Å². The molecule has 6 aromatic rings. The van der Waals surface area contributed by atoms with Gasteiger partial charge in [-0.05, 0) is 91.0 Å². The lowest BCUT2D eigenvalue weighted by atomic mass is 10.1. The number of aromatic nitrogens is 1. The second-order valence-electron chi connectivity index (χ2n) is 9.12. The molecule has 0 unspecified atom stereocenters. The molecule has 40 heavy (non-hydrogen) atoms. The molecule has 0 saturated heterocycles. The molecule has 5 aromatic carbocycles. The predicted octanol–water partition coefficient (Wildman–Crippen LogP) is 7.85. The van der Waals surface area contributed by atoms with Crippen molar-refractivity contribution in [2.45, 2.75) is 0 Å². The fraction of sp³-hybridized carbons (Fsp3) is 0. The summed E-state index contributed by atoms with van der Waals surface area (Å²) >= 11 is 0. The fourth-order valence-corrected chi connectivity index (χ4v) is 4.44. The normalized spacial score (nSPS) is 10.8. The van der Waals surface area contributed by atoms with Gasteiger partial charge in [0.1, 0.15) is 28.7 Å². The van der Waals surface area contributed by atoms with E-state index >= 15 is 0 Å². The van der Waals surface area contributed by atoms with Gasteiger partial charge in [-0.2, -0.15) is 0 Å². The summed E-state index contributed by atoms with van der Waals surface area (Å²) < 4.78 is 13.0. The van der Waals surface area contributed by atoms with Crippen LogP contribution in [0.15, 0.2) is 133 Å². The van der Waals surface area contributed by atoms with E-state index in [1.165, 1.54) is 16.7 Å². The fourth-order valence-electron chi connectivity index (χ4n) is 4.44. The molecule has 1 heterocycles. The first kappa shape index (κ1) is 24.7. The van der Waals surface area contributed by atoms with Crippen LogP contribution in [0.2, 0.25) is 0 Å². The van der Waals surface area contributed by atoms with Crippen LogP contribution in [0, 0.1) is 0 Å². The molecule has 6 nitrogen and oxygen atoms in total. The molecule has 6 rings (SSSR count). The van der Waals surface area contributed by atoms with Crippen molar-refractivity contribution in [2.75, 3.05) is 0 Å². The molecule has 194 valence electrons. The Labute approximate surface area is 230 Å². The molecule has 0 aliphatic carbocycles. The summed E-state index contributed by atoms with van der Waals surface area (Å²) in [6, 6.07) is 38.5. The first-order chi connectivity index (χ1) is 19.5. The number of benzene rings is 5. The average Bonchev–Trinajstić information content (AvgIpc) is 3.37. The zero-order chi connectivity index (χ0) is 27.5. The molecule has 0 amide bonds. The highest BCUT2D eigenvalue weighted by atomic mass is 16.5. The van der Waals surface area contributed by atoms with Gasteiger partial charge in [-0.15, -0.1) is 0 Å². The van der Waals surface area contributed by atoms with Crippen LogP contribution >= 0.6 is 0 Å². The summed E-state index contributed by atoms with van der Waals surface area (Å²) in [5.41, 5.74) is 1.38. The number of phenols is 1. The van der Waals surface area contributed by atoms with Crippen LogP contribution in [0.25, 0.3) is 10.9 Å². The second-order valence-corrected chi connectivity index (χ2v) is 9.12. The summed E-state index contributed by atoms with van der Waals surface area (Å²) in [6.45, 7) is 0. The van der Waals surface area contributed by atoms with E-state index in [1.807, 2.05) is 60.7 Å². The highest BCUT2D eigenvalue weighted by Gasteiger charge is 2.23. The predicted molar refractivity (Wildman–Crippen MR) is 153 cm³/mol. The number of para-hydroxylation sites is 2. The Morgan fingerprint density at radius 3 is 1.60 bits per heavy atom. The standard InChI is InChI=1S/C34H23NO5/c36-26-16-11-25-21-32(33(37)23-12-17-29(18-13-23)39-27-7-3-1-4-8-27)35(31(25)22-26)34(38)24-14-19-30(20-15-24)40-28-9-5-2-6-10-28/h1-22,36H. The smallest absolute Gasteiger partial charge is 0.262 e. The van der Waals surface area contributed by atoms with Crippen molar-refractivity contribution in [2.24, 2.45) is 0 Å². The third-order valence-electron chi connectivity index (χ3n) is 6.40. The maximum Gasteiger partial charge on any atom is 0.262 e. The van der Waals surface area contributed by atoms with Crippen LogP contribution in [0.5, 0.6) is 28.7 Å². The van der Waals surface area contributed by atoms with Gasteiger partial charge in [-0.1, -0.05) is 36.4 Å².